The molecule has 2 aromatic carbocycles. The van der Waals surface area contributed by atoms with Gasteiger partial charge in [-0.25, -0.2) is 15.0 Å². The Morgan fingerprint density at radius 1 is 1.10 bits per heavy atom. The van der Waals surface area contributed by atoms with Crippen molar-refractivity contribution >= 4 is 28.3 Å². The zero-order chi connectivity index (χ0) is 20.7. The summed E-state index contributed by atoms with van der Waals surface area (Å²) < 4.78 is 1.85. The minimum absolute atomic E-state index is 0.259. The highest BCUT2D eigenvalue weighted by Crippen LogP contribution is 2.24. The summed E-state index contributed by atoms with van der Waals surface area (Å²) in [6.45, 7) is 0. The number of carbonyl (C=O) groups excluding carboxylic acids is 1. The summed E-state index contributed by atoms with van der Waals surface area (Å²) in [5, 5.41) is 8.95. The van der Waals surface area contributed by atoms with Gasteiger partial charge in [-0.3, -0.25) is 9.20 Å². The molecule has 0 fully saturated rings. The van der Waals surface area contributed by atoms with Crippen molar-refractivity contribution in [2.45, 2.75) is 0 Å². The second kappa shape index (κ2) is 6.83. The Morgan fingerprint density at radius 3 is 2.73 bits per heavy atom. The van der Waals surface area contributed by atoms with Gasteiger partial charge in [-0.05, 0) is 36.4 Å². The molecule has 3 heterocycles. The highest BCUT2D eigenvalue weighted by atomic mass is 16.2. The first-order chi connectivity index (χ1) is 14.6. The van der Waals surface area contributed by atoms with Gasteiger partial charge < -0.3 is 9.88 Å². The van der Waals surface area contributed by atoms with E-state index in [1.54, 1.807) is 56.2 Å². The molecule has 30 heavy (non-hydrogen) atoms. The first-order valence-electron chi connectivity index (χ1n) is 9.19. The molecule has 144 valence electrons. The molecule has 5 aromatic rings. The SMILES string of the molecule is CN(C(=O)c1cn2c(-c3ccc4nc[nH]c4c3)cnc2cn1)c1ccc(C#N)cc1. The molecule has 0 radical (unpaired) electrons. The number of nitrogens with zero attached hydrogens (tertiary/aromatic N) is 6. The number of imidazole rings is 2. The summed E-state index contributed by atoms with van der Waals surface area (Å²) in [4.78, 5) is 30.6. The summed E-state index contributed by atoms with van der Waals surface area (Å²) in [5.74, 6) is -0.259. The molecule has 1 amide bonds. The van der Waals surface area contributed by atoms with Crippen LogP contribution in [-0.2, 0) is 0 Å². The smallest absolute Gasteiger partial charge is 0.278 e. The minimum atomic E-state index is -0.259. The number of benzene rings is 2. The number of aromatic nitrogens is 5. The lowest BCUT2D eigenvalue weighted by Crippen LogP contribution is -2.27. The minimum Gasteiger partial charge on any atom is -0.345 e. The molecule has 0 spiro atoms. The fraction of sp³-hybridized carbons (Fsp3) is 0.0455. The van der Waals surface area contributed by atoms with Gasteiger partial charge in [0.1, 0.15) is 5.69 Å². The summed E-state index contributed by atoms with van der Waals surface area (Å²) in [6.07, 6.45) is 6.69. The molecule has 8 heteroatoms. The third-order valence-corrected chi connectivity index (χ3v) is 5.02. The van der Waals surface area contributed by atoms with E-state index in [0.29, 0.717) is 16.9 Å². The number of H-pyrrole nitrogens is 1. The predicted octanol–water partition coefficient (Wildman–Crippen LogP) is 3.42. The van der Waals surface area contributed by atoms with Gasteiger partial charge in [-0.1, -0.05) is 6.07 Å². The van der Waals surface area contributed by atoms with Gasteiger partial charge in [-0.15, -0.1) is 0 Å². The van der Waals surface area contributed by atoms with Crippen LogP contribution in [0.25, 0.3) is 27.9 Å². The van der Waals surface area contributed by atoms with Gasteiger partial charge in [0.15, 0.2) is 5.65 Å². The summed E-state index contributed by atoms with van der Waals surface area (Å²) in [7, 11) is 1.68. The van der Waals surface area contributed by atoms with E-state index in [0.717, 1.165) is 22.3 Å². The number of fused-ring (bicyclic) bond motifs is 2. The van der Waals surface area contributed by atoms with Crippen LogP contribution in [0.5, 0.6) is 0 Å². The quantitative estimate of drug-likeness (QED) is 0.506. The van der Waals surface area contributed by atoms with Gasteiger partial charge >= 0.3 is 0 Å². The van der Waals surface area contributed by atoms with E-state index in [4.69, 9.17) is 5.26 Å². The number of aromatic amines is 1. The topological polar surface area (TPSA) is 103 Å². The van der Waals surface area contributed by atoms with Crippen molar-refractivity contribution in [3.63, 3.8) is 0 Å². The highest BCUT2D eigenvalue weighted by Gasteiger charge is 2.17. The van der Waals surface area contributed by atoms with Crippen molar-refractivity contribution < 1.29 is 4.79 Å². The summed E-state index contributed by atoms with van der Waals surface area (Å²) in [6, 6.07) is 14.8. The van der Waals surface area contributed by atoms with Crippen LogP contribution >= 0.6 is 0 Å². The number of carbonyl (C=O) groups is 1. The lowest BCUT2D eigenvalue weighted by molar-refractivity contribution is 0.0988. The Labute approximate surface area is 171 Å². The Kier molecular flexibility index (Phi) is 4.00. The molecular formula is C22H15N7O. The number of nitriles is 1. The van der Waals surface area contributed by atoms with E-state index >= 15 is 0 Å². The van der Waals surface area contributed by atoms with Gasteiger partial charge in [0.2, 0.25) is 0 Å². The van der Waals surface area contributed by atoms with Gasteiger partial charge in [-0.2, -0.15) is 5.26 Å². The molecule has 1 N–H and O–H groups in total. The summed E-state index contributed by atoms with van der Waals surface area (Å²) in [5.41, 5.74) is 5.75. The van der Waals surface area contributed by atoms with Crippen LogP contribution in [0.15, 0.2) is 67.4 Å². The zero-order valence-electron chi connectivity index (χ0n) is 15.9. The van der Waals surface area contributed by atoms with E-state index in [-0.39, 0.29) is 11.6 Å². The standard InChI is InChI=1S/C22H15N7O/c1-28(16-5-2-14(9-23)3-6-16)22(30)19-12-29-20(10-25-21(29)11-24-19)15-4-7-17-18(8-15)27-13-26-17/h2-8,10-13H,1H3,(H,26,27). The van der Waals surface area contributed by atoms with E-state index in [2.05, 4.69) is 26.0 Å². The largest absolute Gasteiger partial charge is 0.345 e. The van der Waals surface area contributed by atoms with E-state index in [9.17, 15) is 4.79 Å². The fourth-order valence-electron chi connectivity index (χ4n) is 3.36. The number of anilines is 1. The summed E-state index contributed by atoms with van der Waals surface area (Å²) >= 11 is 0. The first-order valence-corrected chi connectivity index (χ1v) is 9.19. The Morgan fingerprint density at radius 2 is 1.93 bits per heavy atom. The second-order valence-corrected chi connectivity index (χ2v) is 6.80. The number of nitrogens with one attached hydrogen (secondary N) is 1. The molecule has 5 rings (SSSR count). The van der Waals surface area contributed by atoms with Crippen LogP contribution < -0.4 is 4.90 Å². The molecule has 0 saturated heterocycles. The van der Waals surface area contributed by atoms with Crippen LogP contribution in [0.4, 0.5) is 5.69 Å². The molecule has 0 aliphatic rings. The molecule has 0 aliphatic carbocycles. The molecule has 8 nitrogen and oxygen atoms in total. The van der Waals surface area contributed by atoms with Gasteiger partial charge in [0, 0.05) is 24.5 Å². The Hall–Kier alpha value is -4.51. The molecule has 0 atom stereocenters. The second-order valence-electron chi connectivity index (χ2n) is 6.80. The maximum atomic E-state index is 13.0. The first kappa shape index (κ1) is 17.6. The van der Waals surface area contributed by atoms with E-state index in [1.165, 1.54) is 4.90 Å². The number of hydrogen-bond donors (Lipinski definition) is 1. The van der Waals surface area contributed by atoms with Crippen molar-refractivity contribution in [3.8, 4) is 17.3 Å². The normalized spacial score (nSPS) is 10.9. The third kappa shape index (κ3) is 2.86. The molecule has 0 bridgehead atoms. The molecule has 0 saturated carbocycles. The van der Waals surface area contributed by atoms with Crippen LogP contribution in [0.3, 0.4) is 0 Å². The lowest BCUT2D eigenvalue weighted by Gasteiger charge is -2.17. The Balaban J connectivity index is 1.53. The zero-order valence-corrected chi connectivity index (χ0v) is 15.9. The number of rotatable bonds is 3. The van der Waals surface area contributed by atoms with Crippen LogP contribution in [-0.4, -0.2) is 37.3 Å². The maximum absolute atomic E-state index is 13.0. The third-order valence-electron chi connectivity index (χ3n) is 5.02. The average Bonchev–Trinajstić information content (AvgIpc) is 3.44. The van der Waals surface area contributed by atoms with Gasteiger partial charge in [0.05, 0.1) is 47.1 Å². The van der Waals surface area contributed by atoms with Crippen LogP contribution in [0.2, 0.25) is 0 Å². The van der Waals surface area contributed by atoms with E-state index < -0.39 is 0 Å². The molecule has 0 aliphatic heterocycles. The number of amides is 1. The number of hydrogen-bond acceptors (Lipinski definition) is 5. The van der Waals surface area contributed by atoms with Crippen molar-refractivity contribution in [2.75, 3.05) is 11.9 Å². The van der Waals surface area contributed by atoms with Crippen LogP contribution in [0, 0.1) is 11.3 Å². The van der Waals surface area contributed by atoms with Crippen molar-refractivity contribution in [1.82, 2.24) is 24.3 Å². The molecule has 3 aromatic heterocycles. The Bertz CT molecular complexity index is 1440. The monoisotopic (exact) mass is 393 g/mol. The van der Waals surface area contributed by atoms with Crippen molar-refractivity contribution in [1.29, 1.82) is 5.26 Å². The predicted molar refractivity (Wildman–Crippen MR) is 112 cm³/mol. The van der Waals surface area contributed by atoms with Crippen molar-refractivity contribution in [2.24, 2.45) is 0 Å². The van der Waals surface area contributed by atoms with Gasteiger partial charge in [0.25, 0.3) is 5.91 Å². The maximum Gasteiger partial charge on any atom is 0.278 e. The van der Waals surface area contributed by atoms with Crippen LogP contribution in [0.1, 0.15) is 16.1 Å². The van der Waals surface area contributed by atoms with Crippen molar-refractivity contribution in [3.05, 3.63) is 78.6 Å². The molecule has 0 unspecified atom stereocenters. The molecular weight excluding hydrogens is 378 g/mol. The fourth-order valence-corrected chi connectivity index (χ4v) is 3.36. The highest BCUT2D eigenvalue weighted by molar-refractivity contribution is 6.04. The lowest BCUT2D eigenvalue weighted by atomic mass is 10.1. The van der Waals surface area contributed by atoms with E-state index in [1.807, 2.05) is 22.6 Å². The average molecular weight is 393 g/mol.